The smallest absolute Gasteiger partial charge is 0.426 e. The first-order chi connectivity index (χ1) is 16.5. The minimum absolute atomic E-state index is 0.0905. The van der Waals surface area contributed by atoms with Crippen LogP contribution in [0.4, 0.5) is 26.7 Å². The Bertz CT molecular complexity index is 1180. The van der Waals surface area contributed by atoms with Gasteiger partial charge in [-0.1, -0.05) is 30.3 Å². The molecular formula is C27H28F5NO3. The second kappa shape index (κ2) is 8.56. The van der Waals surface area contributed by atoms with Gasteiger partial charge in [-0.3, -0.25) is 4.79 Å². The Morgan fingerprint density at radius 1 is 1.06 bits per heavy atom. The number of likely N-dealkylation sites (tertiary alicyclic amines) is 1. The van der Waals surface area contributed by atoms with E-state index in [9.17, 15) is 31.5 Å². The van der Waals surface area contributed by atoms with Gasteiger partial charge in [0.05, 0.1) is 6.04 Å². The highest BCUT2D eigenvalue weighted by Gasteiger charge is 2.58. The molecule has 2 aromatic rings. The summed E-state index contributed by atoms with van der Waals surface area (Å²) in [5, 5.41) is 0. The first kappa shape index (κ1) is 26.1. The van der Waals surface area contributed by atoms with E-state index in [0.29, 0.717) is 23.6 Å². The number of halogens is 5. The minimum Gasteiger partial charge on any atom is -0.443 e. The maximum Gasteiger partial charge on any atom is 0.426 e. The summed E-state index contributed by atoms with van der Waals surface area (Å²) in [5.74, 6) is -0.896. The minimum atomic E-state index is -5.10. The summed E-state index contributed by atoms with van der Waals surface area (Å²) in [5.41, 5.74) is -4.10. The Hall–Kier alpha value is -2.97. The molecule has 0 bridgehead atoms. The number of hydrogen-bond acceptors (Lipinski definition) is 3. The highest BCUT2D eigenvalue weighted by atomic mass is 19.4. The fourth-order valence-corrected chi connectivity index (χ4v) is 5.39. The third-order valence-corrected chi connectivity index (χ3v) is 7.11. The first-order valence-electron chi connectivity index (χ1n) is 11.7. The third-order valence-electron chi connectivity index (χ3n) is 7.11. The van der Waals surface area contributed by atoms with Crippen LogP contribution in [0.25, 0.3) is 0 Å². The molecule has 0 aromatic heterocycles. The van der Waals surface area contributed by atoms with Crippen LogP contribution >= 0.6 is 0 Å². The van der Waals surface area contributed by atoms with Crippen LogP contribution in [-0.4, -0.2) is 34.7 Å². The molecule has 1 heterocycles. The molecule has 2 aromatic carbocycles. The monoisotopic (exact) mass is 509 g/mol. The molecule has 3 atom stereocenters. The number of imide groups is 1. The molecule has 2 amide bonds. The maximum absolute atomic E-state index is 14.8. The molecular weight excluding hydrogens is 481 g/mol. The van der Waals surface area contributed by atoms with Crippen molar-refractivity contribution in [1.82, 2.24) is 4.90 Å². The summed E-state index contributed by atoms with van der Waals surface area (Å²) >= 11 is 0. The number of aryl methyl sites for hydroxylation is 1. The van der Waals surface area contributed by atoms with E-state index in [1.807, 2.05) is 0 Å². The maximum atomic E-state index is 14.8. The molecule has 36 heavy (non-hydrogen) atoms. The largest absolute Gasteiger partial charge is 0.443 e. The van der Waals surface area contributed by atoms with Gasteiger partial charge in [-0.05, 0) is 81.3 Å². The van der Waals surface area contributed by atoms with Crippen molar-refractivity contribution < 1.29 is 36.3 Å². The molecule has 1 aliphatic carbocycles. The van der Waals surface area contributed by atoms with Crippen molar-refractivity contribution in [2.75, 3.05) is 0 Å². The molecule has 1 saturated heterocycles. The van der Waals surface area contributed by atoms with Crippen LogP contribution in [0.15, 0.2) is 42.5 Å². The number of amides is 2. The molecule has 1 fully saturated rings. The lowest BCUT2D eigenvalue weighted by molar-refractivity contribution is -0.228. The lowest BCUT2D eigenvalue weighted by atomic mass is 9.63. The van der Waals surface area contributed by atoms with Gasteiger partial charge in [0.1, 0.15) is 11.4 Å². The van der Waals surface area contributed by atoms with Crippen molar-refractivity contribution >= 4 is 12.0 Å². The molecule has 2 aliphatic rings. The summed E-state index contributed by atoms with van der Waals surface area (Å²) in [4.78, 5) is 27.4. The van der Waals surface area contributed by atoms with E-state index in [0.717, 1.165) is 11.0 Å². The van der Waals surface area contributed by atoms with Crippen molar-refractivity contribution in [3.63, 3.8) is 0 Å². The van der Waals surface area contributed by atoms with Crippen molar-refractivity contribution in [2.45, 2.75) is 82.3 Å². The number of fused-ring (bicyclic) bond motifs is 3. The van der Waals surface area contributed by atoms with E-state index >= 15 is 0 Å². The van der Waals surface area contributed by atoms with E-state index in [2.05, 4.69) is 0 Å². The molecule has 0 spiro atoms. The highest BCUT2D eigenvalue weighted by Crippen LogP contribution is 2.51. The highest BCUT2D eigenvalue weighted by molar-refractivity contribution is 5.96. The zero-order valence-corrected chi connectivity index (χ0v) is 20.5. The van der Waals surface area contributed by atoms with Crippen LogP contribution in [0, 0.1) is 5.82 Å². The van der Waals surface area contributed by atoms with E-state index in [4.69, 9.17) is 4.74 Å². The second-order valence-corrected chi connectivity index (χ2v) is 10.8. The molecule has 1 unspecified atom stereocenters. The number of ether oxygens (including phenoxy) is 1. The number of hydrogen-bond donors (Lipinski definition) is 0. The summed E-state index contributed by atoms with van der Waals surface area (Å²) in [6.45, 7) is 5.54. The van der Waals surface area contributed by atoms with Gasteiger partial charge in [-0.15, -0.1) is 0 Å². The standard InChI is InChI=1S/C27H28F5NO3/c1-24(2,3)36-23(35)33-21-12-7-17-13-18(25(4,29)27(30,31)32)8-11-20(17)26(21,15-22(33)34)14-16-5-9-19(28)10-6-16/h5-6,8-11,13,21H,7,12,14-15H2,1-4H3/t21-,25?,26+/m1/s1. The SMILES string of the molecule is CC(C)(C)OC(=O)N1C(=O)C[C@@]2(Cc3ccc(F)cc3)c3ccc(C(C)(F)C(F)(F)F)cc3CC[C@@H]12. The van der Waals surface area contributed by atoms with Gasteiger partial charge in [0.25, 0.3) is 0 Å². The molecule has 4 rings (SSSR count). The quantitative estimate of drug-likeness (QED) is 0.442. The van der Waals surface area contributed by atoms with Gasteiger partial charge in [-0.2, -0.15) is 13.2 Å². The van der Waals surface area contributed by atoms with Crippen LogP contribution in [0.5, 0.6) is 0 Å². The molecule has 194 valence electrons. The lowest BCUT2D eigenvalue weighted by Gasteiger charge is -2.43. The van der Waals surface area contributed by atoms with Gasteiger partial charge in [-0.25, -0.2) is 18.5 Å². The summed E-state index contributed by atoms with van der Waals surface area (Å²) in [6.07, 6.45) is -5.21. The molecule has 0 saturated carbocycles. The molecule has 1 aliphatic heterocycles. The molecule has 4 nitrogen and oxygen atoms in total. The molecule has 9 heteroatoms. The number of nitrogens with zero attached hydrogens (tertiary/aromatic N) is 1. The average molecular weight is 510 g/mol. The molecule has 0 radical (unpaired) electrons. The van der Waals surface area contributed by atoms with Crippen LogP contribution in [0.1, 0.15) is 62.8 Å². The Morgan fingerprint density at radius 2 is 1.69 bits per heavy atom. The number of carbonyl (C=O) groups excluding carboxylic acids is 2. The number of alkyl halides is 4. The van der Waals surface area contributed by atoms with E-state index in [1.165, 1.54) is 24.3 Å². The van der Waals surface area contributed by atoms with Crippen LogP contribution < -0.4 is 0 Å². The zero-order valence-electron chi connectivity index (χ0n) is 20.5. The number of rotatable bonds is 3. The Balaban J connectivity index is 1.83. The lowest BCUT2D eigenvalue weighted by Crippen LogP contribution is -2.51. The van der Waals surface area contributed by atoms with Crippen molar-refractivity contribution in [1.29, 1.82) is 0 Å². The number of carbonyl (C=O) groups is 2. The average Bonchev–Trinajstić information content (AvgIpc) is 3.05. The van der Waals surface area contributed by atoms with Gasteiger partial charge >= 0.3 is 12.3 Å². The van der Waals surface area contributed by atoms with Gasteiger partial charge in [0.2, 0.25) is 11.6 Å². The summed E-state index contributed by atoms with van der Waals surface area (Å²) in [7, 11) is 0. The normalized spacial score (nSPS) is 23.6. The van der Waals surface area contributed by atoms with Crippen molar-refractivity contribution in [3.05, 3.63) is 70.5 Å². The van der Waals surface area contributed by atoms with Gasteiger partial charge in [0.15, 0.2) is 0 Å². The first-order valence-corrected chi connectivity index (χ1v) is 11.7. The van der Waals surface area contributed by atoms with E-state index in [-0.39, 0.29) is 25.7 Å². The van der Waals surface area contributed by atoms with Gasteiger partial charge in [0, 0.05) is 11.8 Å². The Morgan fingerprint density at radius 3 is 2.28 bits per heavy atom. The van der Waals surface area contributed by atoms with E-state index in [1.54, 1.807) is 32.9 Å². The fraction of sp³-hybridized carbons (Fsp3) is 0.481. The Kier molecular flexibility index (Phi) is 6.21. The predicted octanol–water partition coefficient (Wildman–Crippen LogP) is 6.54. The van der Waals surface area contributed by atoms with Crippen LogP contribution in [0.3, 0.4) is 0 Å². The van der Waals surface area contributed by atoms with Crippen molar-refractivity contribution in [3.8, 4) is 0 Å². The second-order valence-electron chi connectivity index (χ2n) is 10.8. The summed E-state index contributed by atoms with van der Waals surface area (Å²) in [6, 6.07) is 8.85. The van der Waals surface area contributed by atoms with E-state index < -0.39 is 52.3 Å². The fourth-order valence-electron chi connectivity index (χ4n) is 5.39. The van der Waals surface area contributed by atoms with Crippen molar-refractivity contribution in [2.24, 2.45) is 0 Å². The summed E-state index contributed by atoms with van der Waals surface area (Å²) < 4.78 is 73.9. The predicted molar refractivity (Wildman–Crippen MR) is 123 cm³/mol. The van der Waals surface area contributed by atoms with Crippen LogP contribution in [-0.2, 0) is 33.5 Å². The van der Waals surface area contributed by atoms with Gasteiger partial charge < -0.3 is 4.74 Å². The van der Waals surface area contributed by atoms with Crippen LogP contribution in [0.2, 0.25) is 0 Å². The number of benzene rings is 2. The topological polar surface area (TPSA) is 46.6 Å². The zero-order chi connectivity index (χ0) is 26.7. The Labute approximate surface area is 206 Å². The third kappa shape index (κ3) is 4.48. The molecule has 0 N–H and O–H groups in total.